The van der Waals surface area contributed by atoms with Crippen molar-refractivity contribution in [1.82, 2.24) is 0 Å². The largest absolute Gasteiger partial charge is 0.481 e. The van der Waals surface area contributed by atoms with E-state index in [2.05, 4.69) is 0 Å². The summed E-state index contributed by atoms with van der Waals surface area (Å²) in [4.78, 5) is 20.3. The molecule has 2 N–H and O–H groups in total. The van der Waals surface area contributed by atoms with Crippen LogP contribution in [0.5, 0.6) is 0 Å². The maximum absolute atomic E-state index is 12.7. The molecular formula is C16H10F6O4. The first-order chi connectivity index (χ1) is 12.0. The van der Waals surface area contributed by atoms with E-state index in [1.165, 1.54) is 0 Å². The molecule has 0 atom stereocenters. The van der Waals surface area contributed by atoms with Gasteiger partial charge in [0.25, 0.3) is 0 Å². The highest BCUT2D eigenvalue weighted by Crippen LogP contribution is 2.17. The highest BCUT2D eigenvalue weighted by atomic mass is 19.2. The second-order valence-corrected chi connectivity index (χ2v) is 4.78. The fourth-order valence-corrected chi connectivity index (χ4v) is 1.76. The summed E-state index contributed by atoms with van der Waals surface area (Å²) in [5.74, 6) is -10.3. The summed E-state index contributed by atoms with van der Waals surface area (Å²) in [7, 11) is 0. The Hall–Kier alpha value is -3.04. The zero-order valence-electron chi connectivity index (χ0n) is 12.7. The molecule has 0 radical (unpaired) electrons. The molecule has 0 spiro atoms. The van der Waals surface area contributed by atoms with Gasteiger partial charge in [-0.05, 0) is 24.3 Å². The van der Waals surface area contributed by atoms with Crippen LogP contribution in [0.1, 0.15) is 11.1 Å². The molecule has 0 amide bonds. The SMILES string of the molecule is O=C(O)Cc1c(F)ccc(F)c1F.O=C(O)Cc1c(F)ccc(F)c1F. The average Bonchev–Trinajstić information content (AvgIpc) is 2.56. The van der Waals surface area contributed by atoms with Gasteiger partial charge < -0.3 is 10.2 Å². The number of benzene rings is 2. The van der Waals surface area contributed by atoms with Crippen LogP contribution in [-0.2, 0) is 22.4 Å². The maximum Gasteiger partial charge on any atom is 0.308 e. The summed E-state index contributed by atoms with van der Waals surface area (Å²) in [6, 6.07) is 2.60. The molecule has 0 unspecified atom stereocenters. The molecule has 0 fully saturated rings. The topological polar surface area (TPSA) is 74.6 Å². The van der Waals surface area contributed by atoms with E-state index in [4.69, 9.17) is 10.2 Å². The van der Waals surface area contributed by atoms with Crippen molar-refractivity contribution in [3.05, 3.63) is 70.3 Å². The number of rotatable bonds is 4. The second kappa shape index (κ2) is 8.88. The van der Waals surface area contributed by atoms with Gasteiger partial charge in [-0.2, -0.15) is 0 Å². The van der Waals surface area contributed by atoms with Crippen molar-refractivity contribution in [3.8, 4) is 0 Å². The zero-order chi connectivity index (χ0) is 20.0. The molecule has 0 saturated heterocycles. The third kappa shape index (κ3) is 5.50. The van der Waals surface area contributed by atoms with Crippen LogP contribution >= 0.6 is 0 Å². The van der Waals surface area contributed by atoms with Gasteiger partial charge in [-0.15, -0.1) is 0 Å². The maximum atomic E-state index is 12.7. The van der Waals surface area contributed by atoms with Gasteiger partial charge in [-0.1, -0.05) is 0 Å². The van der Waals surface area contributed by atoms with Gasteiger partial charge in [0.15, 0.2) is 23.3 Å². The first-order valence-electron chi connectivity index (χ1n) is 6.72. The Balaban J connectivity index is 0.000000260. The van der Waals surface area contributed by atoms with Gasteiger partial charge in [0.2, 0.25) is 0 Å². The normalized spacial score (nSPS) is 10.1. The molecule has 10 heteroatoms. The van der Waals surface area contributed by atoms with Crippen LogP contribution < -0.4 is 0 Å². The molecule has 0 bridgehead atoms. The first-order valence-corrected chi connectivity index (χ1v) is 6.72. The molecule has 2 rings (SSSR count). The van der Waals surface area contributed by atoms with E-state index >= 15 is 0 Å². The molecule has 2 aromatic carbocycles. The van der Waals surface area contributed by atoms with Crippen molar-refractivity contribution >= 4 is 11.9 Å². The van der Waals surface area contributed by atoms with Crippen LogP contribution in [0.3, 0.4) is 0 Å². The van der Waals surface area contributed by atoms with E-state index < -0.39 is 70.8 Å². The van der Waals surface area contributed by atoms with Gasteiger partial charge in [0.05, 0.1) is 12.8 Å². The van der Waals surface area contributed by atoms with Crippen LogP contribution in [0.2, 0.25) is 0 Å². The van der Waals surface area contributed by atoms with Crippen LogP contribution in [0, 0.1) is 34.9 Å². The Bertz CT molecular complexity index is 768. The van der Waals surface area contributed by atoms with Crippen LogP contribution in [0.25, 0.3) is 0 Å². The molecule has 4 nitrogen and oxygen atoms in total. The lowest BCUT2D eigenvalue weighted by molar-refractivity contribution is -0.137. The summed E-state index contributed by atoms with van der Waals surface area (Å²) in [5.41, 5.74) is -1.51. The lowest BCUT2D eigenvalue weighted by Crippen LogP contribution is -2.06. The van der Waals surface area contributed by atoms with Crippen molar-refractivity contribution in [3.63, 3.8) is 0 Å². The van der Waals surface area contributed by atoms with Gasteiger partial charge >= 0.3 is 11.9 Å². The predicted octanol–water partition coefficient (Wildman–Crippen LogP) is 3.46. The summed E-state index contributed by atoms with van der Waals surface area (Å²) in [5, 5.41) is 16.5. The summed E-state index contributed by atoms with van der Waals surface area (Å²) >= 11 is 0. The molecule has 0 heterocycles. The molecule has 0 aliphatic heterocycles. The van der Waals surface area contributed by atoms with Gasteiger partial charge in [0, 0.05) is 11.1 Å². The monoisotopic (exact) mass is 380 g/mol. The Morgan fingerprint density at radius 2 is 0.885 bits per heavy atom. The van der Waals surface area contributed by atoms with Crippen LogP contribution in [-0.4, -0.2) is 22.2 Å². The van der Waals surface area contributed by atoms with Crippen molar-refractivity contribution in [1.29, 1.82) is 0 Å². The minimum atomic E-state index is -1.44. The highest BCUT2D eigenvalue weighted by molar-refractivity contribution is 5.70. The number of hydrogen-bond donors (Lipinski definition) is 2. The van der Waals surface area contributed by atoms with E-state index in [1.807, 2.05) is 0 Å². The van der Waals surface area contributed by atoms with E-state index in [0.29, 0.717) is 24.3 Å². The lowest BCUT2D eigenvalue weighted by Gasteiger charge is -2.01. The van der Waals surface area contributed by atoms with Crippen LogP contribution in [0.4, 0.5) is 26.3 Å². The standard InChI is InChI=1S/2C8H5F3O2/c2*9-5-1-2-6(10)8(11)4(5)3-7(12)13/h2*1-2H,3H2,(H,12,13). The zero-order valence-corrected chi connectivity index (χ0v) is 12.7. The summed E-state index contributed by atoms with van der Waals surface area (Å²) in [6.45, 7) is 0. The van der Waals surface area contributed by atoms with Crippen molar-refractivity contribution in [2.75, 3.05) is 0 Å². The summed E-state index contributed by atoms with van der Waals surface area (Å²) < 4.78 is 75.9. The summed E-state index contributed by atoms with van der Waals surface area (Å²) in [6.07, 6.45) is -1.73. The third-order valence-electron chi connectivity index (χ3n) is 2.93. The van der Waals surface area contributed by atoms with E-state index in [0.717, 1.165) is 0 Å². The van der Waals surface area contributed by atoms with Crippen molar-refractivity contribution < 1.29 is 46.1 Å². The number of carboxylic acid groups (broad SMARTS) is 2. The van der Waals surface area contributed by atoms with Crippen molar-refractivity contribution in [2.45, 2.75) is 12.8 Å². The van der Waals surface area contributed by atoms with E-state index in [1.54, 1.807) is 0 Å². The van der Waals surface area contributed by atoms with Gasteiger partial charge in [-0.3, -0.25) is 9.59 Å². The Labute approximate surface area is 142 Å². The number of hydrogen-bond acceptors (Lipinski definition) is 2. The Morgan fingerprint density at radius 1 is 0.615 bits per heavy atom. The molecule has 0 saturated carbocycles. The van der Waals surface area contributed by atoms with Crippen molar-refractivity contribution in [2.24, 2.45) is 0 Å². The first kappa shape index (κ1) is 21.0. The Kier molecular flexibility index (Phi) is 7.17. The molecule has 0 aromatic heterocycles. The molecule has 0 aliphatic rings. The average molecular weight is 380 g/mol. The van der Waals surface area contributed by atoms with Gasteiger partial charge in [0.1, 0.15) is 11.6 Å². The number of halogens is 6. The predicted molar refractivity (Wildman–Crippen MR) is 75.3 cm³/mol. The molecule has 140 valence electrons. The molecule has 2 aromatic rings. The highest BCUT2D eigenvalue weighted by Gasteiger charge is 2.16. The molecule has 26 heavy (non-hydrogen) atoms. The van der Waals surface area contributed by atoms with E-state index in [9.17, 15) is 35.9 Å². The van der Waals surface area contributed by atoms with Crippen LogP contribution in [0.15, 0.2) is 24.3 Å². The quantitative estimate of drug-likeness (QED) is 0.629. The van der Waals surface area contributed by atoms with Gasteiger partial charge in [-0.25, -0.2) is 26.3 Å². The second-order valence-electron chi connectivity index (χ2n) is 4.78. The minimum Gasteiger partial charge on any atom is -0.481 e. The lowest BCUT2D eigenvalue weighted by atomic mass is 10.1. The smallest absolute Gasteiger partial charge is 0.308 e. The Morgan fingerprint density at radius 3 is 1.15 bits per heavy atom. The van der Waals surface area contributed by atoms with E-state index in [-0.39, 0.29) is 0 Å². The number of carboxylic acids is 2. The third-order valence-corrected chi connectivity index (χ3v) is 2.93. The fourth-order valence-electron chi connectivity index (χ4n) is 1.76. The fraction of sp³-hybridized carbons (Fsp3) is 0.125. The molecule has 0 aliphatic carbocycles. The number of aliphatic carboxylic acids is 2. The molecular weight excluding hydrogens is 370 g/mol. The number of carbonyl (C=O) groups is 2. The minimum absolute atomic E-state index is 0.607.